The highest BCUT2D eigenvalue weighted by Crippen LogP contribution is 2.26. The number of ether oxygens (including phenoxy) is 2. The van der Waals surface area contributed by atoms with Crippen LogP contribution in [-0.4, -0.2) is 50.7 Å². The van der Waals surface area contributed by atoms with Gasteiger partial charge in [0.05, 0.1) is 24.7 Å². The van der Waals surface area contributed by atoms with E-state index in [1.807, 2.05) is 0 Å². The molecule has 2 aliphatic rings. The highest BCUT2D eigenvalue weighted by atomic mass is 16.5. The van der Waals surface area contributed by atoms with E-state index in [0.29, 0.717) is 24.3 Å². The van der Waals surface area contributed by atoms with Gasteiger partial charge in [-0.25, -0.2) is 4.79 Å². The molecule has 0 radical (unpaired) electrons. The number of anilines is 1. The molecule has 1 aromatic rings. The molecule has 2 aliphatic heterocycles. The standard InChI is InChI=1S/C18H22N2O5/c1-24-18(23)12-4-2-5-14(8-12)20-11-13(9-16(20)21)17(22)19-10-15-6-3-7-25-15/h2,4-5,8,13,15H,3,6-7,9-11H2,1H3,(H,19,22). The summed E-state index contributed by atoms with van der Waals surface area (Å²) in [5.74, 6) is -1.11. The Kier molecular flexibility index (Phi) is 5.33. The largest absolute Gasteiger partial charge is 0.465 e. The Morgan fingerprint density at radius 1 is 1.40 bits per heavy atom. The fourth-order valence-corrected chi connectivity index (χ4v) is 3.22. The number of hydrogen-bond acceptors (Lipinski definition) is 5. The molecule has 7 nitrogen and oxygen atoms in total. The summed E-state index contributed by atoms with van der Waals surface area (Å²) >= 11 is 0. The minimum absolute atomic E-state index is 0.0777. The molecule has 3 rings (SSSR count). The first-order valence-corrected chi connectivity index (χ1v) is 8.46. The van der Waals surface area contributed by atoms with Gasteiger partial charge in [-0.3, -0.25) is 9.59 Å². The molecule has 2 heterocycles. The van der Waals surface area contributed by atoms with Crippen molar-refractivity contribution in [2.45, 2.75) is 25.4 Å². The Morgan fingerprint density at radius 2 is 2.24 bits per heavy atom. The van der Waals surface area contributed by atoms with Gasteiger partial charge in [-0.15, -0.1) is 0 Å². The fourth-order valence-electron chi connectivity index (χ4n) is 3.22. The minimum atomic E-state index is -0.459. The van der Waals surface area contributed by atoms with Crippen molar-refractivity contribution in [2.75, 3.05) is 31.7 Å². The molecule has 7 heteroatoms. The van der Waals surface area contributed by atoms with Gasteiger partial charge < -0.3 is 19.7 Å². The number of carbonyl (C=O) groups excluding carboxylic acids is 3. The zero-order valence-corrected chi connectivity index (χ0v) is 14.2. The van der Waals surface area contributed by atoms with Crippen molar-refractivity contribution in [1.29, 1.82) is 0 Å². The first-order chi connectivity index (χ1) is 12.1. The Balaban J connectivity index is 1.62. The number of benzene rings is 1. The number of methoxy groups -OCH3 is 1. The summed E-state index contributed by atoms with van der Waals surface area (Å²) in [5.41, 5.74) is 0.974. The van der Waals surface area contributed by atoms with Crippen molar-refractivity contribution >= 4 is 23.5 Å². The third-order valence-electron chi connectivity index (χ3n) is 4.60. The molecule has 0 aliphatic carbocycles. The summed E-state index contributed by atoms with van der Waals surface area (Å²) in [4.78, 5) is 37.8. The van der Waals surface area contributed by atoms with Crippen LogP contribution in [0, 0.1) is 5.92 Å². The summed E-state index contributed by atoms with van der Waals surface area (Å²) in [6.07, 6.45) is 2.22. The van der Waals surface area contributed by atoms with Gasteiger partial charge in [0.1, 0.15) is 0 Å². The molecule has 0 spiro atoms. The van der Waals surface area contributed by atoms with Gasteiger partial charge in [-0.1, -0.05) is 6.07 Å². The molecular formula is C18H22N2O5. The van der Waals surface area contributed by atoms with E-state index in [1.165, 1.54) is 7.11 Å². The maximum atomic E-state index is 12.3. The van der Waals surface area contributed by atoms with E-state index in [0.717, 1.165) is 19.4 Å². The molecule has 0 aromatic heterocycles. The van der Waals surface area contributed by atoms with Crippen LogP contribution in [-0.2, 0) is 19.1 Å². The second-order valence-electron chi connectivity index (χ2n) is 6.33. The Bertz CT molecular complexity index is 669. The molecule has 1 N–H and O–H groups in total. The van der Waals surface area contributed by atoms with Crippen LogP contribution in [0.2, 0.25) is 0 Å². The van der Waals surface area contributed by atoms with Crippen LogP contribution in [0.3, 0.4) is 0 Å². The quantitative estimate of drug-likeness (QED) is 0.808. The first kappa shape index (κ1) is 17.4. The molecule has 0 saturated carbocycles. The minimum Gasteiger partial charge on any atom is -0.465 e. The number of rotatable bonds is 5. The van der Waals surface area contributed by atoms with E-state index in [4.69, 9.17) is 9.47 Å². The number of amides is 2. The van der Waals surface area contributed by atoms with Gasteiger partial charge in [0.2, 0.25) is 11.8 Å². The second kappa shape index (κ2) is 7.65. The van der Waals surface area contributed by atoms with Crippen LogP contribution in [0.5, 0.6) is 0 Å². The molecule has 134 valence electrons. The summed E-state index contributed by atoms with van der Waals surface area (Å²) in [6, 6.07) is 6.68. The van der Waals surface area contributed by atoms with Crippen molar-refractivity contribution < 1.29 is 23.9 Å². The third-order valence-corrected chi connectivity index (χ3v) is 4.60. The monoisotopic (exact) mass is 346 g/mol. The Morgan fingerprint density at radius 3 is 2.96 bits per heavy atom. The molecule has 2 fully saturated rings. The maximum absolute atomic E-state index is 12.3. The SMILES string of the molecule is COC(=O)c1cccc(N2CC(C(=O)NCC3CCCO3)CC2=O)c1. The molecule has 1 aromatic carbocycles. The predicted molar refractivity (Wildman–Crippen MR) is 90.2 cm³/mol. The van der Waals surface area contributed by atoms with E-state index in [-0.39, 0.29) is 24.3 Å². The fraction of sp³-hybridized carbons (Fsp3) is 0.500. The number of carbonyl (C=O) groups is 3. The second-order valence-corrected chi connectivity index (χ2v) is 6.33. The third kappa shape index (κ3) is 3.99. The van der Waals surface area contributed by atoms with Gasteiger partial charge in [-0.05, 0) is 31.0 Å². The lowest BCUT2D eigenvalue weighted by Gasteiger charge is -2.18. The van der Waals surface area contributed by atoms with Crippen LogP contribution < -0.4 is 10.2 Å². The van der Waals surface area contributed by atoms with E-state index in [9.17, 15) is 14.4 Å². The van der Waals surface area contributed by atoms with Crippen molar-refractivity contribution in [1.82, 2.24) is 5.32 Å². The van der Waals surface area contributed by atoms with Crippen LogP contribution in [0.15, 0.2) is 24.3 Å². The molecule has 2 unspecified atom stereocenters. The van der Waals surface area contributed by atoms with Crippen molar-refractivity contribution in [3.05, 3.63) is 29.8 Å². The van der Waals surface area contributed by atoms with E-state index >= 15 is 0 Å². The molecular weight excluding hydrogens is 324 g/mol. The highest BCUT2D eigenvalue weighted by Gasteiger charge is 2.35. The van der Waals surface area contributed by atoms with E-state index < -0.39 is 11.9 Å². The Hall–Kier alpha value is -2.41. The molecule has 0 bridgehead atoms. The van der Waals surface area contributed by atoms with E-state index in [1.54, 1.807) is 29.2 Å². The number of esters is 1. The zero-order chi connectivity index (χ0) is 17.8. The summed E-state index contributed by atoms with van der Waals surface area (Å²) in [6.45, 7) is 1.54. The summed E-state index contributed by atoms with van der Waals surface area (Å²) in [7, 11) is 1.31. The Labute approximate surface area is 146 Å². The van der Waals surface area contributed by atoms with Crippen LogP contribution in [0.1, 0.15) is 29.6 Å². The van der Waals surface area contributed by atoms with Crippen molar-refractivity contribution in [2.24, 2.45) is 5.92 Å². The number of nitrogens with one attached hydrogen (secondary N) is 1. The van der Waals surface area contributed by atoms with Gasteiger partial charge in [0.25, 0.3) is 0 Å². The zero-order valence-electron chi connectivity index (χ0n) is 14.2. The van der Waals surface area contributed by atoms with Gasteiger partial charge in [0.15, 0.2) is 0 Å². The summed E-state index contributed by atoms with van der Waals surface area (Å²) in [5, 5.41) is 2.88. The normalized spacial score (nSPS) is 22.9. The predicted octanol–water partition coefficient (Wildman–Crippen LogP) is 1.12. The summed E-state index contributed by atoms with van der Waals surface area (Å²) < 4.78 is 10.2. The molecule has 2 saturated heterocycles. The first-order valence-electron chi connectivity index (χ1n) is 8.46. The lowest BCUT2D eigenvalue weighted by molar-refractivity contribution is -0.126. The smallest absolute Gasteiger partial charge is 0.337 e. The van der Waals surface area contributed by atoms with Crippen molar-refractivity contribution in [3.8, 4) is 0 Å². The van der Waals surface area contributed by atoms with Gasteiger partial charge >= 0.3 is 5.97 Å². The van der Waals surface area contributed by atoms with Crippen molar-refractivity contribution in [3.63, 3.8) is 0 Å². The average Bonchev–Trinajstić information content (AvgIpc) is 3.28. The molecule has 2 amide bonds. The van der Waals surface area contributed by atoms with Gasteiger partial charge in [-0.2, -0.15) is 0 Å². The van der Waals surface area contributed by atoms with Crippen LogP contribution in [0.4, 0.5) is 5.69 Å². The average molecular weight is 346 g/mol. The van der Waals surface area contributed by atoms with E-state index in [2.05, 4.69) is 5.32 Å². The van der Waals surface area contributed by atoms with Crippen LogP contribution >= 0.6 is 0 Å². The number of hydrogen-bond donors (Lipinski definition) is 1. The topological polar surface area (TPSA) is 84.9 Å². The maximum Gasteiger partial charge on any atom is 0.337 e. The van der Waals surface area contributed by atoms with Gasteiger partial charge in [0, 0.05) is 31.8 Å². The molecule has 2 atom stereocenters. The number of nitrogens with zero attached hydrogens (tertiary/aromatic N) is 1. The lowest BCUT2D eigenvalue weighted by Crippen LogP contribution is -2.37. The molecule has 25 heavy (non-hydrogen) atoms. The lowest BCUT2D eigenvalue weighted by atomic mass is 10.1. The van der Waals surface area contributed by atoms with Crippen LogP contribution in [0.25, 0.3) is 0 Å². The highest BCUT2D eigenvalue weighted by molar-refractivity contribution is 6.01.